The van der Waals surface area contributed by atoms with Crippen LogP contribution in [0.2, 0.25) is 0 Å². The summed E-state index contributed by atoms with van der Waals surface area (Å²) in [6, 6.07) is 6.64. The Kier molecular flexibility index (Phi) is 7.70. The Bertz CT molecular complexity index is 1060. The third kappa shape index (κ3) is 5.33. The van der Waals surface area contributed by atoms with Crippen LogP contribution in [0.4, 0.5) is 4.79 Å². The molecule has 3 rings (SSSR count). The number of carbonyl (C=O) groups is 3. The van der Waals surface area contributed by atoms with E-state index in [1.54, 1.807) is 6.08 Å². The molecule has 0 spiro atoms. The van der Waals surface area contributed by atoms with Crippen LogP contribution in [0.3, 0.4) is 0 Å². The zero-order valence-corrected chi connectivity index (χ0v) is 18.6. The third-order valence-corrected chi connectivity index (χ3v) is 5.27. The van der Waals surface area contributed by atoms with Crippen molar-refractivity contribution in [1.29, 1.82) is 0 Å². The highest BCUT2D eigenvalue weighted by molar-refractivity contribution is 5.88. The van der Waals surface area contributed by atoms with E-state index in [0.29, 0.717) is 30.2 Å². The van der Waals surface area contributed by atoms with E-state index in [4.69, 9.17) is 19.3 Å². The van der Waals surface area contributed by atoms with Crippen LogP contribution in [-0.4, -0.2) is 71.9 Å². The van der Waals surface area contributed by atoms with Crippen LogP contribution in [0.25, 0.3) is 10.9 Å². The van der Waals surface area contributed by atoms with Gasteiger partial charge in [0.05, 0.1) is 31.3 Å². The van der Waals surface area contributed by atoms with Crippen LogP contribution < -0.4 is 14.8 Å². The fourth-order valence-electron chi connectivity index (χ4n) is 3.86. The van der Waals surface area contributed by atoms with Crippen LogP contribution >= 0.6 is 0 Å². The number of amides is 2. The molecule has 1 aliphatic rings. The molecule has 2 N–H and O–H groups in total. The first-order valence-corrected chi connectivity index (χ1v) is 10.6. The van der Waals surface area contributed by atoms with Crippen molar-refractivity contribution in [3.05, 3.63) is 42.5 Å². The Labute approximate surface area is 191 Å². The summed E-state index contributed by atoms with van der Waals surface area (Å²) in [6.45, 7) is 5.77. The molecule has 10 heteroatoms. The van der Waals surface area contributed by atoms with Crippen molar-refractivity contribution in [2.24, 2.45) is 0 Å². The Morgan fingerprint density at radius 2 is 2.09 bits per heavy atom. The summed E-state index contributed by atoms with van der Waals surface area (Å²) in [6.07, 6.45) is 0.455. The second-order valence-corrected chi connectivity index (χ2v) is 7.39. The first-order chi connectivity index (χ1) is 15.9. The number of aromatic nitrogens is 1. The lowest BCUT2D eigenvalue weighted by Crippen LogP contribution is -2.45. The minimum Gasteiger partial charge on any atom is -0.493 e. The number of para-hydroxylation sites is 1. The van der Waals surface area contributed by atoms with Gasteiger partial charge in [0.15, 0.2) is 0 Å². The highest BCUT2D eigenvalue weighted by Crippen LogP contribution is 2.37. The molecular formula is C23H27N3O7. The van der Waals surface area contributed by atoms with Gasteiger partial charge in [-0.25, -0.2) is 14.6 Å². The number of carboxylic acid groups (broad SMARTS) is 1. The van der Waals surface area contributed by atoms with Crippen molar-refractivity contribution in [2.45, 2.75) is 31.9 Å². The Balaban J connectivity index is 1.93. The summed E-state index contributed by atoms with van der Waals surface area (Å²) in [4.78, 5) is 41.5. The summed E-state index contributed by atoms with van der Waals surface area (Å²) in [5.74, 6) is -0.160. The molecule has 1 aromatic heterocycles. The summed E-state index contributed by atoms with van der Waals surface area (Å²) in [5, 5.41) is 11.7. The number of allylic oxidation sites excluding steroid dienone is 1. The van der Waals surface area contributed by atoms with Gasteiger partial charge in [-0.05, 0) is 25.5 Å². The average molecular weight is 457 g/mol. The number of likely N-dealkylation sites (tertiary alicyclic amines) is 1. The van der Waals surface area contributed by atoms with Crippen LogP contribution in [-0.2, 0) is 20.7 Å². The normalized spacial score (nSPS) is 17.5. The molecular weight excluding hydrogens is 430 g/mol. The Morgan fingerprint density at radius 1 is 1.33 bits per heavy atom. The predicted octanol–water partition coefficient (Wildman–Crippen LogP) is 2.15. The number of carbonyl (C=O) groups excluding carboxylic acids is 2. The molecule has 10 nitrogen and oxygen atoms in total. The van der Waals surface area contributed by atoms with Crippen molar-refractivity contribution >= 4 is 28.9 Å². The topological polar surface area (TPSA) is 127 Å². The van der Waals surface area contributed by atoms with Gasteiger partial charge in [-0.2, -0.15) is 0 Å². The van der Waals surface area contributed by atoms with Gasteiger partial charge in [0.2, 0.25) is 11.8 Å². The van der Waals surface area contributed by atoms with Crippen LogP contribution in [0.15, 0.2) is 36.9 Å². The Morgan fingerprint density at radius 3 is 2.76 bits per heavy atom. The number of hydrogen-bond acceptors (Lipinski definition) is 7. The van der Waals surface area contributed by atoms with E-state index >= 15 is 0 Å². The standard InChI is InChI=1S/C23H27N3O7/c1-4-8-16-20(32-5-2)15-9-6-7-10-17(15)25-21(16)33-14-11-18(22(28)31-3)26(13-14)19(27)12-24-23(29)30/h4,6-7,9-10,14,18,24H,1,5,8,11-13H2,2-3H3,(H,29,30)/t14-,18+/m1/s1. The fraction of sp³-hybridized carbons (Fsp3) is 0.391. The van der Waals surface area contributed by atoms with Gasteiger partial charge in [-0.15, -0.1) is 6.58 Å². The molecule has 1 saturated heterocycles. The van der Waals surface area contributed by atoms with E-state index in [1.165, 1.54) is 12.0 Å². The molecule has 2 amide bonds. The van der Waals surface area contributed by atoms with Gasteiger partial charge >= 0.3 is 12.1 Å². The number of esters is 1. The third-order valence-electron chi connectivity index (χ3n) is 5.27. The van der Waals surface area contributed by atoms with Crippen LogP contribution in [0, 0.1) is 0 Å². The lowest BCUT2D eigenvalue weighted by Gasteiger charge is -2.22. The van der Waals surface area contributed by atoms with Gasteiger partial charge < -0.3 is 29.5 Å². The number of hydrogen-bond donors (Lipinski definition) is 2. The molecule has 0 radical (unpaired) electrons. The summed E-state index contributed by atoms with van der Waals surface area (Å²) < 4.78 is 17.0. The maximum atomic E-state index is 12.5. The summed E-state index contributed by atoms with van der Waals surface area (Å²) >= 11 is 0. The van der Waals surface area contributed by atoms with E-state index in [-0.39, 0.29) is 13.0 Å². The monoisotopic (exact) mass is 457 g/mol. The van der Waals surface area contributed by atoms with E-state index < -0.39 is 36.7 Å². The first-order valence-electron chi connectivity index (χ1n) is 10.6. The molecule has 1 aliphatic heterocycles. The van der Waals surface area contributed by atoms with Gasteiger partial charge in [0, 0.05) is 11.8 Å². The number of benzene rings is 1. The van der Waals surface area contributed by atoms with Crippen molar-refractivity contribution < 1.29 is 33.7 Å². The lowest BCUT2D eigenvalue weighted by atomic mass is 10.1. The maximum Gasteiger partial charge on any atom is 0.405 e. The second-order valence-electron chi connectivity index (χ2n) is 7.39. The van der Waals surface area contributed by atoms with Gasteiger partial charge in [-0.1, -0.05) is 18.2 Å². The number of nitrogens with zero attached hydrogens (tertiary/aromatic N) is 2. The molecule has 33 heavy (non-hydrogen) atoms. The van der Waals surface area contributed by atoms with E-state index in [9.17, 15) is 14.4 Å². The SMILES string of the molecule is C=CCc1c(O[C@@H]2C[C@@H](C(=O)OC)N(C(=O)CNC(=O)O)C2)nc2ccccc2c1OCC. The fourth-order valence-corrected chi connectivity index (χ4v) is 3.86. The first kappa shape index (κ1) is 23.8. The molecule has 0 saturated carbocycles. The molecule has 2 aromatic rings. The summed E-state index contributed by atoms with van der Waals surface area (Å²) in [5.41, 5.74) is 1.40. The number of nitrogens with one attached hydrogen (secondary N) is 1. The van der Waals surface area contributed by atoms with Crippen LogP contribution in [0.1, 0.15) is 18.9 Å². The largest absolute Gasteiger partial charge is 0.493 e. The minimum absolute atomic E-state index is 0.0753. The van der Waals surface area contributed by atoms with Gasteiger partial charge in [0.25, 0.3) is 0 Å². The van der Waals surface area contributed by atoms with E-state index in [2.05, 4.69) is 11.6 Å². The number of ether oxygens (including phenoxy) is 3. The molecule has 176 valence electrons. The van der Waals surface area contributed by atoms with Crippen molar-refractivity contribution in [1.82, 2.24) is 15.2 Å². The molecule has 2 heterocycles. The highest BCUT2D eigenvalue weighted by atomic mass is 16.5. The smallest absolute Gasteiger partial charge is 0.405 e. The molecule has 1 fully saturated rings. The number of fused-ring (bicyclic) bond motifs is 1. The number of rotatable bonds is 9. The summed E-state index contributed by atoms with van der Waals surface area (Å²) in [7, 11) is 1.23. The Hall–Kier alpha value is -3.82. The molecule has 0 bridgehead atoms. The van der Waals surface area contributed by atoms with E-state index in [0.717, 1.165) is 10.9 Å². The molecule has 2 atom stereocenters. The molecule has 0 unspecified atom stereocenters. The van der Waals surface area contributed by atoms with Crippen molar-refractivity contribution in [3.63, 3.8) is 0 Å². The lowest BCUT2D eigenvalue weighted by molar-refractivity contribution is -0.150. The average Bonchev–Trinajstić information content (AvgIpc) is 3.23. The van der Waals surface area contributed by atoms with Crippen molar-refractivity contribution in [3.8, 4) is 11.6 Å². The highest BCUT2D eigenvalue weighted by Gasteiger charge is 2.42. The number of methoxy groups -OCH3 is 1. The maximum absolute atomic E-state index is 12.5. The second kappa shape index (κ2) is 10.7. The number of pyridine rings is 1. The zero-order valence-electron chi connectivity index (χ0n) is 18.6. The predicted molar refractivity (Wildman–Crippen MR) is 119 cm³/mol. The van der Waals surface area contributed by atoms with Gasteiger partial charge in [-0.3, -0.25) is 4.79 Å². The quantitative estimate of drug-likeness (QED) is 0.433. The molecule has 1 aromatic carbocycles. The van der Waals surface area contributed by atoms with Crippen LogP contribution in [0.5, 0.6) is 11.6 Å². The molecule has 0 aliphatic carbocycles. The van der Waals surface area contributed by atoms with Gasteiger partial charge in [0.1, 0.15) is 24.4 Å². The minimum atomic E-state index is -1.33. The zero-order chi connectivity index (χ0) is 24.0. The van der Waals surface area contributed by atoms with Crippen molar-refractivity contribution in [2.75, 3.05) is 26.8 Å². The van der Waals surface area contributed by atoms with E-state index in [1.807, 2.05) is 36.5 Å².